The lowest BCUT2D eigenvalue weighted by Crippen LogP contribution is -2.21. The first-order chi connectivity index (χ1) is 12.3. The zero-order valence-corrected chi connectivity index (χ0v) is 17.5. The minimum atomic E-state index is -0.166. The van der Waals surface area contributed by atoms with E-state index in [-0.39, 0.29) is 11.2 Å². The molecule has 0 fully saturated rings. The second kappa shape index (κ2) is 8.00. The van der Waals surface area contributed by atoms with E-state index < -0.39 is 0 Å². The fraction of sp³-hybridized carbons (Fsp3) is 0.364. The summed E-state index contributed by atoms with van der Waals surface area (Å²) in [6.45, 7) is 14.1. The molecule has 4 heteroatoms. The summed E-state index contributed by atoms with van der Waals surface area (Å²) in [5, 5.41) is 0.695. The highest BCUT2D eigenvalue weighted by Gasteiger charge is 2.21. The number of carbonyl (C=O) groups excluding carboxylic acids is 1. The second-order valence-corrected chi connectivity index (χ2v) is 7.58. The molecule has 0 saturated carbocycles. The van der Waals surface area contributed by atoms with Crippen molar-refractivity contribution in [2.24, 2.45) is 0 Å². The van der Waals surface area contributed by atoms with Crippen LogP contribution in [0.15, 0.2) is 29.1 Å². The highest BCUT2D eigenvalue weighted by Crippen LogP contribution is 2.30. The van der Waals surface area contributed by atoms with Crippen molar-refractivity contribution in [3.63, 3.8) is 0 Å². The van der Waals surface area contributed by atoms with E-state index in [9.17, 15) is 9.59 Å². The molecule has 138 valence electrons. The van der Waals surface area contributed by atoms with Crippen LogP contribution in [0.3, 0.4) is 0 Å². The Morgan fingerprint density at radius 2 is 1.62 bits per heavy atom. The number of rotatable bonds is 3. The number of nitrogens with zero attached hydrogens (tertiary/aromatic N) is 1. The molecule has 0 bridgehead atoms. The third kappa shape index (κ3) is 3.51. The Labute approximate surface area is 159 Å². The van der Waals surface area contributed by atoms with E-state index in [0.717, 1.165) is 26.5 Å². The topological polar surface area (TPSA) is 39.1 Å². The summed E-state index contributed by atoms with van der Waals surface area (Å²) < 4.78 is 2.11. The van der Waals surface area contributed by atoms with Crippen molar-refractivity contribution < 1.29 is 4.79 Å². The zero-order valence-electron chi connectivity index (χ0n) is 16.7. The Hall–Kier alpha value is -2.20. The van der Waals surface area contributed by atoms with Gasteiger partial charge in [-0.1, -0.05) is 43.7 Å². The van der Waals surface area contributed by atoms with Crippen LogP contribution in [-0.4, -0.2) is 10.4 Å². The van der Waals surface area contributed by atoms with Crippen molar-refractivity contribution in [3.8, 4) is 0 Å². The van der Waals surface area contributed by atoms with Crippen LogP contribution in [0.5, 0.6) is 0 Å². The summed E-state index contributed by atoms with van der Waals surface area (Å²) in [5.41, 5.74) is 4.30. The highest BCUT2D eigenvalue weighted by molar-refractivity contribution is 7.18. The number of aryl methyl sites for hydroxylation is 3. The van der Waals surface area contributed by atoms with Crippen LogP contribution >= 0.6 is 11.3 Å². The molecule has 0 aliphatic carbocycles. The molecule has 26 heavy (non-hydrogen) atoms. The van der Waals surface area contributed by atoms with E-state index in [0.29, 0.717) is 17.5 Å². The first kappa shape index (κ1) is 20.1. The molecule has 0 aliphatic rings. The molecule has 3 nitrogen and oxygen atoms in total. The second-order valence-electron chi connectivity index (χ2n) is 6.38. The van der Waals surface area contributed by atoms with E-state index >= 15 is 0 Å². The van der Waals surface area contributed by atoms with Gasteiger partial charge in [-0.2, -0.15) is 0 Å². The Morgan fingerprint density at radius 3 is 2.15 bits per heavy atom. The molecule has 0 saturated heterocycles. The minimum absolute atomic E-state index is 0.128. The maximum absolute atomic E-state index is 12.8. The number of carbonyl (C=O) groups is 1. The summed E-state index contributed by atoms with van der Waals surface area (Å²) in [4.78, 5) is 27.0. The van der Waals surface area contributed by atoms with Gasteiger partial charge in [-0.05, 0) is 45.7 Å². The number of benzene rings is 1. The Morgan fingerprint density at radius 1 is 1.04 bits per heavy atom. The van der Waals surface area contributed by atoms with Gasteiger partial charge < -0.3 is 4.57 Å². The van der Waals surface area contributed by atoms with Gasteiger partial charge in [0.1, 0.15) is 4.83 Å². The fourth-order valence-electron chi connectivity index (χ4n) is 3.12. The smallest absolute Gasteiger partial charge is 0.201 e. The van der Waals surface area contributed by atoms with Crippen molar-refractivity contribution in [1.29, 1.82) is 0 Å². The van der Waals surface area contributed by atoms with Gasteiger partial charge in [0.15, 0.2) is 5.78 Å². The van der Waals surface area contributed by atoms with Gasteiger partial charge in [0, 0.05) is 17.1 Å². The van der Waals surface area contributed by atoms with Gasteiger partial charge in [-0.3, -0.25) is 9.59 Å². The number of hydrogen-bond donors (Lipinski definition) is 0. The third-order valence-corrected chi connectivity index (χ3v) is 5.88. The largest absolute Gasteiger partial charge is 0.331 e. The van der Waals surface area contributed by atoms with E-state index in [1.165, 1.54) is 12.5 Å². The number of Topliss-reactive ketones (excluding diaryl/α,β-unsaturated/α-hetero) is 1. The maximum Gasteiger partial charge on any atom is 0.201 e. The average Bonchev–Trinajstić information content (AvgIpc) is 2.90. The molecule has 0 aliphatic heterocycles. The predicted octanol–water partition coefficient (Wildman–Crippen LogP) is 5.57. The predicted molar refractivity (Wildman–Crippen MR) is 112 cm³/mol. The van der Waals surface area contributed by atoms with E-state index in [1.807, 2.05) is 34.6 Å². The Bertz CT molecular complexity index is 1010. The standard InChI is InChI=1S/C20H21NO2S.C2H6/c1-11-6-8-16(9-7-11)10-21-13(3)18(14(4)22)19(23)17-12(2)15(5)24-20(17)21;1-2/h6-9H,10H2,1-5H3;1-2H3. The first-order valence-corrected chi connectivity index (χ1v) is 9.82. The molecule has 0 spiro atoms. The molecule has 1 aromatic carbocycles. The number of ketones is 1. The summed E-state index contributed by atoms with van der Waals surface area (Å²) in [6, 6.07) is 8.36. The number of hydrogen-bond acceptors (Lipinski definition) is 3. The Kier molecular flexibility index (Phi) is 6.19. The molecule has 0 radical (unpaired) electrons. The van der Waals surface area contributed by atoms with Gasteiger partial charge in [0.25, 0.3) is 0 Å². The molecule has 2 aromatic heterocycles. The van der Waals surface area contributed by atoms with Crippen molar-refractivity contribution in [3.05, 3.63) is 67.3 Å². The quantitative estimate of drug-likeness (QED) is 0.566. The molecule has 3 aromatic rings. The monoisotopic (exact) mass is 369 g/mol. The Balaban J connectivity index is 0.00000117. The summed E-state index contributed by atoms with van der Waals surface area (Å²) >= 11 is 1.63. The molecule has 0 atom stereocenters. The average molecular weight is 370 g/mol. The molecule has 0 amide bonds. The van der Waals surface area contributed by atoms with Gasteiger partial charge in [0.2, 0.25) is 5.43 Å². The van der Waals surface area contributed by atoms with E-state index in [1.54, 1.807) is 11.3 Å². The molecule has 3 rings (SSSR count). The van der Waals surface area contributed by atoms with Crippen LogP contribution in [-0.2, 0) is 6.54 Å². The molecule has 0 unspecified atom stereocenters. The summed E-state index contributed by atoms with van der Waals surface area (Å²) in [5.74, 6) is -0.166. The SMILES string of the molecule is CC.CC(=O)c1c(C)n(Cc2ccc(C)cc2)c2sc(C)c(C)c2c1=O. The third-order valence-electron chi connectivity index (χ3n) is 4.65. The minimum Gasteiger partial charge on any atom is -0.331 e. The van der Waals surface area contributed by atoms with Crippen molar-refractivity contribution >= 4 is 27.3 Å². The fourth-order valence-corrected chi connectivity index (χ4v) is 4.33. The lowest BCUT2D eigenvalue weighted by Gasteiger charge is -2.15. The number of pyridine rings is 1. The van der Waals surface area contributed by atoms with Gasteiger partial charge in [-0.25, -0.2) is 0 Å². The normalized spacial score (nSPS) is 10.6. The summed E-state index contributed by atoms with van der Waals surface area (Å²) in [6.07, 6.45) is 0. The lowest BCUT2D eigenvalue weighted by atomic mass is 10.0. The van der Waals surface area contributed by atoms with Crippen LogP contribution in [0.2, 0.25) is 0 Å². The molecular formula is C22H27NO2S. The van der Waals surface area contributed by atoms with Crippen LogP contribution in [0.1, 0.15) is 58.4 Å². The van der Waals surface area contributed by atoms with Crippen molar-refractivity contribution in [2.75, 3.05) is 0 Å². The summed E-state index contributed by atoms with van der Waals surface area (Å²) in [7, 11) is 0. The lowest BCUT2D eigenvalue weighted by molar-refractivity contribution is 0.101. The zero-order chi connectivity index (χ0) is 19.6. The molecule has 0 N–H and O–H groups in total. The first-order valence-electron chi connectivity index (χ1n) is 9.00. The number of thiophene rings is 1. The van der Waals surface area contributed by atoms with Crippen LogP contribution in [0.4, 0.5) is 0 Å². The van der Waals surface area contributed by atoms with Crippen LogP contribution < -0.4 is 5.43 Å². The van der Waals surface area contributed by atoms with Crippen molar-refractivity contribution in [2.45, 2.75) is 55.0 Å². The van der Waals surface area contributed by atoms with E-state index in [4.69, 9.17) is 0 Å². The van der Waals surface area contributed by atoms with Gasteiger partial charge in [0.05, 0.1) is 10.9 Å². The number of aromatic nitrogens is 1. The van der Waals surface area contributed by atoms with Gasteiger partial charge >= 0.3 is 0 Å². The molecule has 2 heterocycles. The maximum atomic E-state index is 12.8. The van der Waals surface area contributed by atoms with E-state index in [2.05, 4.69) is 35.8 Å². The highest BCUT2D eigenvalue weighted by atomic mass is 32.1. The van der Waals surface area contributed by atoms with Crippen LogP contribution in [0, 0.1) is 27.7 Å². The van der Waals surface area contributed by atoms with Gasteiger partial charge in [-0.15, -0.1) is 11.3 Å². The molecular weight excluding hydrogens is 342 g/mol. The number of fused-ring (bicyclic) bond motifs is 1. The van der Waals surface area contributed by atoms with Crippen LogP contribution in [0.25, 0.3) is 10.2 Å². The van der Waals surface area contributed by atoms with Crippen molar-refractivity contribution in [1.82, 2.24) is 4.57 Å².